The second-order valence-electron chi connectivity index (χ2n) is 7.63. The first kappa shape index (κ1) is 20.3. The second-order valence-corrected chi connectivity index (χ2v) is 7.63. The summed E-state index contributed by atoms with van der Waals surface area (Å²) in [5.74, 6) is -1.32. The molecule has 0 aromatic heterocycles. The molecule has 7 heteroatoms. The summed E-state index contributed by atoms with van der Waals surface area (Å²) in [6, 6.07) is 7.84. The summed E-state index contributed by atoms with van der Waals surface area (Å²) in [5.41, 5.74) is 2.13. The lowest BCUT2D eigenvalue weighted by molar-refractivity contribution is -0.157. The van der Waals surface area contributed by atoms with Gasteiger partial charge in [0.15, 0.2) is 0 Å². The van der Waals surface area contributed by atoms with Crippen LogP contribution in [0.15, 0.2) is 24.3 Å². The summed E-state index contributed by atoms with van der Waals surface area (Å²) < 4.78 is 0. The Hall–Kier alpha value is -2.41. The lowest BCUT2D eigenvalue weighted by Gasteiger charge is -2.33. The molecule has 0 aliphatic carbocycles. The van der Waals surface area contributed by atoms with E-state index in [2.05, 4.69) is 10.2 Å². The molecule has 0 saturated carbocycles. The molecule has 2 aliphatic heterocycles. The fourth-order valence-corrected chi connectivity index (χ4v) is 3.78. The van der Waals surface area contributed by atoms with Crippen molar-refractivity contribution in [3.8, 4) is 0 Å². The van der Waals surface area contributed by atoms with Gasteiger partial charge in [-0.15, -0.1) is 0 Å². The smallest absolute Gasteiger partial charge is 0.312 e. The van der Waals surface area contributed by atoms with E-state index in [1.165, 1.54) is 17.7 Å². The molecule has 7 nitrogen and oxygen atoms in total. The van der Waals surface area contributed by atoms with Crippen molar-refractivity contribution in [1.82, 2.24) is 20.0 Å². The van der Waals surface area contributed by atoms with Gasteiger partial charge in [0.05, 0.1) is 0 Å². The molecule has 2 aliphatic rings. The van der Waals surface area contributed by atoms with Gasteiger partial charge in [-0.3, -0.25) is 14.4 Å². The highest BCUT2D eigenvalue weighted by atomic mass is 16.2. The van der Waals surface area contributed by atoms with Crippen molar-refractivity contribution < 1.29 is 14.4 Å². The maximum absolute atomic E-state index is 12.4. The van der Waals surface area contributed by atoms with E-state index in [0.29, 0.717) is 26.2 Å². The molecular weight excluding hydrogens is 356 g/mol. The number of piperazine rings is 1. The summed E-state index contributed by atoms with van der Waals surface area (Å²) in [4.78, 5) is 42.3. The number of nitrogens with one attached hydrogen (secondary N) is 1. The molecule has 28 heavy (non-hydrogen) atoms. The van der Waals surface area contributed by atoms with Crippen LogP contribution in [-0.2, 0) is 20.9 Å². The van der Waals surface area contributed by atoms with Crippen molar-refractivity contribution in [3.05, 3.63) is 35.4 Å². The predicted octanol–water partition coefficient (Wildman–Crippen LogP) is 0.768. The number of carbonyl (C=O) groups is 3. The Bertz CT molecular complexity index is 715. The molecule has 2 fully saturated rings. The van der Waals surface area contributed by atoms with Gasteiger partial charge in [-0.05, 0) is 56.9 Å². The molecule has 2 saturated heterocycles. The van der Waals surface area contributed by atoms with Gasteiger partial charge in [-0.2, -0.15) is 0 Å². The largest absolute Gasteiger partial charge is 0.355 e. The van der Waals surface area contributed by atoms with Crippen LogP contribution >= 0.6 is 0 Å². The third-order valence-corrected chi connectivity index (χ3v) is 5.53. The topological polar surface area (TPSA) is 73.0 Å². The number of aryl methyl sites for hydroxylation is 1. The van der Waals surface area contributed by atoms with E-state index in [-0.39, 0.29) is 12.5 Å². The molecule has 152 valence electrons. The highest BCUT2D eigenvalue weighted by Crippen LogP contribution is 2.14. The first-order valence-corrected chi connectivity index (χ1v) is 10.2. The van der Waals surface area contributed by atoms with Gasteiger partial charge in [0, 0.05) is 26.2 Å². The fraction of sp³-hybridized carbons (Fsp3) is 0.571. The zero-order valence-electron chi connectivity index (χ0n) is 16.7. The molecule has 0 bridgehead atoms. The van der Waals surface area contributed by atoms with E-state index in [9.17, 15) is 14.4 Å². The molecular formula is C21H30N4O3. The monoisotopic (exact) mass is 386 g/mol. The molecule has 1 aromatic carbocycles. The third-order valence-electron chi connectivity index (χ3n) is 5.53. The minimum atomic E-state index is -0.591. The second kappa shape index (κ2) is 9.68. The van der Waals surface area contributed by atoms with Crippen LogP contribution in [0.4, 0.5) is 0 Å². The van der Waals surface area contributed by atoms with Crippen molar-refractivity contribution in [3.63, 3.8) is 0 Å². The average Bonchev–Trinajstić information content (AvgIpc) is 3.20. The normalized spacial score (nSPS) is 18.0. The van der Waals surface area contributed by atoms with Crippen LogP contribution in [0.3, 0.4) is 0 Å². The van der Waals surface area contributed by atoms with Crippen molar-refractivity contribution in [1.29, 1.82) is 0 Å². The van der Waals surface area contributed by atoms with Crippen molar-refractivity contribution in [2.45, 2.75) is 32.7 Å². The van der Waals surface area contributed by atoms with Crippen LogP contribution in [0.1, 0.15) is 30.4 Å². The number of amides is 3. The number of nitrogens with zero attached hydrogens (tertiary/aromatic N) is 3. The van der Waals surface area contributed by atoms with Crippen LogP contribution in [0, 0.1) is 6.92 Å². The maximum atomic E-state index is 12.4. The molecule has 0 radical (unpaired) electrons. The number of benzene rings is 1. The summed E-state index contributed by atoms with van der Waals surface area (Å²) >= 11 is 0. The lowest BCUT2D eigenvalue weighted by atomic mass is 10.1. The van der Waals surface area contributed by atoms with E-state index in [0.717, 1.165) is 37.2 Å². The van der Waals surface area contributed by atoms with Crippen LogP contribution in [0.25, 0.3) is 0 Å². The number of carbonyl (C=O) groups excluding carboxylic acids is 3. The molecule has 0 atom stereocenters. The van der Waals surface area contributed by atoms with Crippen LogP contribution in [-0.4, -0.2) is 78.2 Å². The van der Waals surface area contributed by atoms with Gasteiger partial charge in [0.1, 0.15) is 6.54 Å². The predicted molar refractivity (Wildman–Crippen MR) is 106 cm³/mol. The molecule has 1 N–H and O–H groups in total. The number of likely N-dealkylation sites (tertiary alicyclic amines) is 1. The van der Waals surface area contributed by atoms with Gasteiger partial charge in [0.2, 0.25) is 5.91 Å². The zero-order chi connectivity index (χ0) is 19.9. The first-order valence-electron chi connectivity index (χ1n) is 10.2. The standard InChI is InChI=1S/C21H30N4O3/c1-17-7-2-3-8-18(17)15-24-13-14-25(21(28)20(24)27)16-19(26)22-9-6-12-23-10-4-5-11-23/h2-3,7-8H,4-6,9-16H2,1H3,(H,22,26). The van der Waals surface area contributed by atoms with E-state index in [1.54, 1.807) is 4.90 Å². The van der Waals surface area contributed by atoms with Gasteiger partial charge < -0.3 is 20.0 Å². The van der Waals surface area contributed by atoms with Crippen molar-refractivity contribution >= 4 is 17.7 Å². The Morgan fingerprint density at radius 1 is 1.00 bits per heavy atom. The molecule has 3 amide bonds. The Morgan fingerprint density at radius 2 is 1.68 bits per heavy atom. The molecule has 0 unspecified atom stereocenters. The molecule has 1 aromatic rings. The highest BCUT2D eigenvalue weighted by molar-refractivity contribution is 6.35. The Balaban J connectivity index is 1.41. The Morgan fingerprint density at radius 3 is 2.43 bits per heavy atom. The van der Waals surface area contributed by atoms with Crippen LogP contribution in [0.2, 0.25) is 0 Å². The Kier molecular flexibility index (Phi) is 7.03. The van der Waals surface area contributed by atoms with Crippen molar-refractivity contribution in [2.24, 2.45) is 0 Å². The van der Waals surface area contributed by atoms with Gasteiger partial charge in [-0.1, -0.05) is 24.3 Å². The number of rotatable bonds is 8. The molecule has 3 rings (SSSR count). The van der Waals surface area contributed by atoms with Crippen LogP contribution < -0.4 is 5.32 Å². The SMILES string of the molecule is Cc1ccccc1CN1CCN(CC(=O)NCCCN2CCCC2)C(=O)C1=O. The third kappa shape index (κ3) is 5.32. The van der Waals surface area contributed by atoms with Gasteiger partial charge in [0.25, 0.3) is 0 Å². The zero-order valence-corrected chi connectivity index (χ0v) is 16.7. The summed E-state index contributed by atoms with van der Waals surface area (Å²) in [6.45, 7) is 7.10. The quantitative estimate of drug-likeness (QED) is 0.529. The van der Waals surface area contributed by atoms with E-state index in [4.69, 9.17) is 0 Å². The molecule has 0 spiro atoms. The highest BCUT2D eigenvalue weighted by Gasteiger charge is 2.33. The van der Waals surface area contributed by atoms with E-state index in [1.807, 2.05) is 31.2 Å². The number of hydrogen-bond acceptors (Lipinski definition) is 4. The van der Waals surface area contributed by atoms with Gasteiger partial charge in [-0.25, -0.2) is 0 Å². The summed E-state index contributed by atoms with van der Waals surface area (Å²) in [7, 11) is 0. The lowest BCUT2D eigenvalue weighted by Crippen LogP contribution is -2.56. The van der Waals surface area contributed by atoms with E-state index >= 15 is 0 Å². The van der Waals surface area contributed by atoms with E-state index < -0.39 is 11.8 Å². The summed E-state index contributed by atoms with van der Waals surface area (Å²) in [6.07, 6.45) is 3.43. The molecule has 2 heterocycles. The van der Waals surface area contributed by atoms with Gasteiger partial charge >= 0.3 is 11.8 Å². The Labute approximate surface area is 166 Å². The number of hydrogen-bond donors (Lipinski definition) is 1. The fourth-order valence-electron chi connectivity index (χ4n) is 3.78. The first-order chi connectivity index (χ1) is 13.5. The van der Waals surface area contributed by atoms with Crippen LogP contribution in [0.5, 0.6) is 0 Å². The minimum absolute atomic E-state index is 0.0491. The minimum Gasteiger partial charge on any atom is -0.355 e. The maximum Gasteiger partial charge on any atom is 0.312 e. The van der Waals surface area contributed by atoms with Crippen molar-refractivity contribution in [2.75, 3.05) is 45.8 Å². The summed E-state index contributed by atoms with van der Waals surface area (Å²) in [5, 5.41) is 2.86. The average molecular weight is 386 g/mol.